The molecule has 0 aliphatic carbocycles. The van der Waals surface area contributed by atoms with E-state index in [0.717, 1.165) is 10.0 Å². The molecule has 0 N–H and O–H groups in total. The van der Waals surface area contributed by atoms with Crippen molar-refractivity contribution in [3.63, 3.8) is 0 Å². The van der Waals surface area contributed by atoms with Crippen molar-refractivity contribution in [2.24, 2.45) is 0 Å². The normalized spacial score (nSPS) is 10.3. The molecule has 0 bridgehead atoms. The third kappa shape index (κ3) is 2.46. The van der Waals surface area contributed by atoms with Crippen LogP contribution in [0.2, 0.25) is 0 Å². The molecule has 0 spiro atoms. The fraction of sp³-hybridized carbons (Fsp3) is 0.222. The molecule has 0 atom stereocenters. The van der Waals surface area contributed by atoms with Crippen molar-refractivity contribution in [2.75, 3.05) is 0 Å². The second kappa shape index (κ2) is 4.43. The zero-order valence-electron chi connectivity index (χ0n) is 7.34. The van der Waals surface area contributed by atoms with Crippen molar-refractivity contribution < 1.29 is 4.79 Å². The van der Waals surface area contributed by atoms with Gasteiger partial charge in [-0.05, 0) is 0 Å². The summed E-state index contributed by atoms with van der Waals surface area (Å²) in [7, 11) is 0. The van der Waals surface area contributed by atoms with Gasteiger partial charge in [-0.15, -0.1) is 22.7 Å². The molecule has 5 heteroatoms. The lowest BCUT2D eigenvalue weighted by Crippen LogP contribution is -2.05. The molecule has 2 aromatic rings. The van der Waals surface area contributed by atoms with Gasteiger partial charge in [0.15, 0.2) is 0 Å². The third-order valence-corrected chi connectivity index (χ3v) is 3.22. The molecule has 3 nitrogen and oxygen atoms in total. The summed E-state index contributed by atoms with van der Waals surface area (Å²) in [4.78, 5) is 19.6. The predicted molar refractivity (Wildman–Crippen MR) is 56.6 cm³/mol. The van der Waals surface area contributed by atoms with Crippen LogP contribution in [0.1, 0.15) is 10.0 Å². The SMILES string of the molecule is O=C(Cc1nccs1)Cc1nccs1. The summed E-state index contributed by atoms with van der Waals surface area (Å²) in [5, 5.41) is 5.52. The standard InChI is InChI=1S/C9H8N2OS2/c12-7(5-8-10-1-3-13-8)6-9-11-2-4-14-9/h1-4H,5-6H2. The van der Waals surface area contributed by atoms with Gasteiger partial charge in [0.2, 0.25) is 0 Å². The first kappa shape index (κ1) is 9.48. The molecule has 0 saturated carbocycles. The van der Waals surface area contributed by atoms with Gasteiger partial charge in [-0.3, -0.25) is 4.79 Å². The second-order valence-electron chi connectivity index (χ2n) is 2.74. The van der Waals surface area contributed by atoms with Crippen LogP contribution >= 0.6 is 22.7 Å². The molecule has 14 heavy (non-hydrogen) atoms. The van der Waals surface area contributed by atoms with Gasteiger partial charge in [-0.25, -0.2) is 9.97 Å². The molecule has 2 rings (SSSR count). The molecule has 72 valence electrons. The van der Waals surface area contributed by atoms with Gasteiger partial charge >= 0.3 is 0 Å². The van der Waals surface area contributed by atoms with Crippen molar-refractivity contribution >= 4 is 28.5 Å². The molecule has 2 aromatic heterocycles. The molecule has 0 aliphatic heterocycles. The topological polar surface area (TPSA) is 42.9 Å². The smallest absolute Gasteiger partial charge is 0.146 e. The van der Waals surface area contributed by atoms with Gasteiger partial charge in [0.05, 0.1) is 22.9 Å². The Hall–Kier alpha value is -1.07. The van der Waals surface area contributed by atoms with Crippen LogP contribution in [0.5, 0.6) is 0 Å². The summed E-state index contributed by atoms with van der Waals surface area (Å²) < 4.78 is 0. The average Bonchev–Trinajstić information content (AvgIpc) is 2.76. The summed E-state index contributed by atoms with van der Waals surface area (Å²) >= 11 is 3.03. The van der Waals surface area contributed by atoms with Gasteiger partial charge < -0.3 is 0 Å². The largest absolute Gasteiger partial charge is 0.299 e. The summed E-state index contributed by atoms with van der Waals surface area (Å²) in [5.74, 6) is 0.176. The van der Waals surface area contributed by atoms with Crippen LogP contribution in [0.3, 0.4) is 0 Å². The molecule has 0 radical (unpaired) electrons. The van der Waals surface area contributed by atoms with E-state index >= 15 is 0 Å². The van der Waals surface area contributed by atoms with Crippen LogP contribution in [0.25, 0.3) is 0 Å². The molecule has 0 amide bonds. The highest BCUT2D eigenvalue weighted by molar-refractivity contribution is 7.10. The first-order chi connectivity index (χ1) is 6.84. The Kier molecular flexibility index (Phi) is 3.00. The van der Waals surface area contributed by atoms with E-state index in [4.69, 9.17) is 0 Å². The van der Waals surface area contributed by atoms with Gasteiger partial charge in [0.1, 0.15) is 5.78 Å². The van der Waals surface area contributed by atoms with Gasteiger partial charge in [-0.1, -0.05) is 0 Å². The highest BCUT2D eigenvalue weighted by Gasteiger charge is 2.08. The van der Waals surface area contributed by atoms with Crippen molar-refractivity contribution in [3.05, 3.63) is 33.2 Å². The molecular weight excluding hydrogens is 216 g/mol. The maximum atomic E-state index is 11.5. The first-order valence-corrected chi connectivity index (χ1v) is 5.89. The van der Waals surface area contributed by atoms with Crippen molar-refractivity contribution in [2.45, 2.75) is 12.8 Å². The van der Waals surface area contributed by atoms with Crippen LogP contribution in [0, 0.1) is 0 Å². The summed E-state index contributed by atoms with van der Waals surface area (Å²) in [6.45, 7) is 0. The Morgan fingerprint density at radius 3 is 1.93 bits per heavy atom. The van der Waals surface area contributed by atoms with E-state index in [9.17, 15) is 4.79 Å². The van der Waals surface area contributed by atoms with E-state index in [1.165, 1.54) is 22.7 Å². The quantitative estimate of drug-likeness (QED) is 0.797. The van der Waals surface area contributed by atoms with Crippen LogP contribution in [-0.4, -0.2) is 15.8 Å². The Balaban J connectivity index is 1.91. The molecule has 2 heterocycles. The molecule has 0 saturated heterocycles. The Bertz CT molecular complexity index is 356. The third-order valence-electron chi connectivity index (χ3n) is 1.66. The average molecular weight is 224 g/mol. The maximum Gasteiger partial charge on any atom is 0.146 e. The van der Waals surface area contributed by atoms with E-state index < -0.39 is 0 Å². The molecular formula is C9H8N2OS2. The number of Topliss-reactive ketones (excluding diaryl/α,β-unsaturated/α-hetero) is 1. The number of thiazole rings is 2. The van der Waals surface area contributed by atoms with Gasteiger partial charge in [-0.2, -0.15) is 0 Å². The Morgan fingerprint density at radius 2 is 1.57 bits per heavy atom. The maximum absolute atomic E-state index is 11.5. The number of carbonyl (C=O) groups excluding carboxylic acids is 1. The van der Waals surface area contributed by atoms with Gasteiger partial charge in [0.25, 0.3) is 0 Å². The number of hydrogen-bond acceptors (Lipinski definition) is 5. The molecule has 0 unspecified atom stereocenters. The zero-order chi connectivity index (χ0) is 9.80. The Morgan fingerprint density at radius 1 is 1.07 bits per heavy atom. The minimum atomic E-state index is 0.176. The number of hydrogen-bond donors (Lipinski definition) is 0. The van der Waals surface area contributed by atoms with Crippen LogP contribution in [0.4, 0.5) is 0 Å². The van der Waals surface area contributed by atoms with Crippen molar-refractivity contribution in [1.82, 2.24) is 9.97 Å². The highest BCUT2D eigenvalue weighted by atomic mass is 32.1. The Labute approximate surface area is 89.5 Å². The van der Waals surface area contributed by atoms with Crippen LogP contribution in [-0.2, 0) is 17.6 Å². The number of carbonyl (C=O) groups is 1. The minimum Gasteiger partial charge on any atom is -0.299 e. The fourth-order valence-corrected chi connectivity index (χ4v) is 2.37. The lowest BCUT2D eigenvalue weighted by atomic mass is 10.2. The van der Waals surface area contributed by atoms with Gasteiger partial charge in [0, 0.05) is 23.2 Å². The summed E-state index contributed by atoms with van der Waals surface area (Å²) in [6, 6.07) is 0. The zero-order valence-corrected chi connectivity index (χ0v) is 8.98. The lowest BCUT2D eigenvalue weighted by molar-refractivity contribution is -0.117. The molecule has 0 aliphatic rings. The van der Waals surface area contributed by atoms with E-state index in [-0.39, 0.29) is 5.78 Å². The van der Waals surface area contributed by atoms with E-state index in [2.05, 4.69) is 9.97 Å². The number of ketones is 1. The van der Waals surface area contributed by atoms with Crippen molar-refractivity contribution in [3.8, 4) is 0 Å². The highest BCUT2D eigenvalue weighted by Crippen LogP contribution is 2.09. The minimum absolute atomic E-state index is 0.176. The predicted octanol–water partition coefficient (Wildman–Crippen LogP) is 1.95. The van der Waals surface area contributed by atoms with E-state index in [0.29, 0.717) is 12.8 Å². The monoisotopic (exact) mass is 224 g/mol. The summed E-state index contributed by atoms with van der Waals surface area (Å²) in [6.07, 6.45) is 4.29. The number of nitrogens with zero attached hydrogens (tertiary/aromatic N) is 2. The lowest BCUT2D eigenvalue weighted by Gasteiger charge is -1.93. The second-order valence-corrected chi connectivity index (χ2v) is 4.70. The van der Waals surface area contributed by atoms with E-state index in [1.807, 2.05) is 10.8 Å². The number of aromatic nitrogens is 2. The van der Waals surface area contributed by atoms with E-state index in [1.54, 1.807) is 12.4 Å². The fourth-order valence-electron chi connectivity index (χ4n) is 1.08. The van der Waals surface area contributed by atoms with Crippen LogP contribution in [0.15, 0.2) is 23.2 Å². The summed E-state index contributed by atoms with van der Waals surface area (Å²) in [5.41, 5.74) is 0. The first-order valence-electron chi connectivity index (χ1n) is 4.13. The van der Waals surface area contributed by atoms with Crippen molar-refractivity contribution in [1.29, 1.82) is 0 Å². The molecule has 0 fully saturated rings. The molecule has 0 aromatic carbocycles. The number of rotatable bonds is 4. The van der Waals surface area contributed by atoms with Crippen LogP contribution < -0.4 is 0 Å².